The third kappa shape index (κ3) is 3.47. The largest absolute Gasteiger partial charge is 0.478 e. The zero-order valence-electron chi connectivity index (χ0n) is 10.8. The molecule has 0 bridgehead atoms. The van der Waals surface area contributed by atoms with Crippen molar-refractivity contribution >= 4 is 5.91 Å². The second-order valence-corrected chi connectivity index (χ2v) is 4.74. The third-order valence-corrected chi connectivity index (χ3v) is 3.19. The molecule has 0 spiro atoms. The standard InChI is InChI=1S/C15H16FNO2/c1-3-8-19-14-7-6-12(9-13(14)16)15(18)17-10(2)11-4-5-11/h1,6-7,9-11H,4-5,8H2,2H3,(H,17,18). The van der Waals surface area contributed by atoms with Crippen molar-refractivity contribution in [1.82, 2.24) is 5.32 Å². The van der Waals surface area contributed by atoms with Crippen LogP contribution in [0.3, 0.4) is 0 Å². The number of ether oxygens (including phenoxy) is 1. The Balaban J connectivity index is 2.01. The Morgan fingerprint density at radius 1 is 1.63 bits per heavy atom. The van der Waals surface area contributed by atoms with Gasteiger partial charge in [-0.3, -0.25) is 4.79 Å². The molecule has 100 valence electrons. The van der Waals surface area contributed by atoms with Crippen molar-refractivity contribution in [2.24, 2.45) is 5.92 Å². The van der Waals surface area contributed by atoms with E-state index in [1.807, 2.05) is 6.92 Å². The van der Waals surface area contributed by atoms with Crippen molar-refractivity contribution in [1.29, 1.82) is 0 Å². The van der Waals surface area contributed by atoms with Gasteiger partial charge in [0.25, 0.3) is 5.91 Å². The predicted molar refractivity (Wildman–Crippen MR) is 70.4 cm³/mol. The maximum atomic E-state index is 13.7. The van der Waals surface area contributed by atoms with E-state index in [-0.39, 0.29) is 29.9 Å². The molecule has 0 heterocycles. The fourth-order valence-electron chi connectivity index (χ4n) is 1.88. The molecule has 0 saturated heterocycles. The Bertz CT molecular complexity index is 517. The van der Waals surface area contributed by atoms with Gasteiger partial charge in [-0.25, -0.2) is 4.39 Å². The molecule has 1 N–H and O–H groups in total. The van der Waals surface area contributed by atoms with Crippen LogP contribution in [0, 0.1) is 24.1 Å². The molecule has 1 fully saturated rings. The van der Waals surface area contributed by atoms with Crippen molar-refractivity contribution < 1.29 is 13.9 Å². The minimum atomic E-state index is -0.582. The molecule has 1 amide bonds. The molecular weight excluding hydrogens is 245 g/mol. The molecule has 3 nitrogen and oxygen atoms in total. The molecule has 2 rings (SSSR count). The molecule has 1 atom stereocenters. The van der Waals surface area contributed by atoms with Crippen LogP contribution >= 0.6 is 0 Å². The van der Waals surface area contributed by atoms with Crippen LogP contribution in [-0.2, 0) is 0 Å². The summed E-state index contributed by atoms with van der Waals surface area (Å²) in [5, 5.41) is 2.87. The molecule has 0 aromatic heterocycles. The van der Waals surface area contributed by atoms with Crippen LogP contribution in [0.15, 0.2) is 18.2 Å². The van der Waals surface area contributed by atoms with Gasteiger partial charge in [-0.2, -0.15) is 0 Å². The first kappa shape index (κ1) is 13.4. The zero-order valence-corrected chi connectivity index (χ0v) is 10.8. The quantitative estimate of drug-likeness (QED) is 0.826. The van der Waals surface area contributed by atoms with Crippen molar-refractivity contribution in [2.75, 3.05) is 6.61 Å². The van der Waals surface area contributed by atoms with Gasteiger partial charge in [-0.15, -0.1) is 6.42 Å². The number of halogens is 1. The van der Waals surface area contributed by atoms with Crippen molar-refractivity contribution in [3.8, 4) is 18.1 Å². The van der Waals surface area contributed by atoms with Gasteiger partial charge in [0.05, 0.1) is 0 Å². The highest BCUT2D eigenvalue weighted by molar-refractivity contribution is 5.94. The summed E-state index contributed by atoms with van der Waals surface area (Å²) in [4.78, 5) is 11.9. The average molecular weight is 261 g/mol. The summed E-state index contributed by atoms with van der Waals surface area (Å²) in [6.07, 6.45) is 7.33. The second kappa shape index (κ2) is 5.75. The fourth-order valence-corrected chi connectivity index (χ4v) is 1.88. The first-order valence-electron chi connectivity index (χ1n) is 6.28. The van der Waals surface area contributed by atoms with Crippen LogP contribution in [-0.4, -0.2) is 18.6 Å². The summed E-state index contributed by atoms with van der Waals surface area (Å²) in [6, 6.07) is 4.25. The number of benzene rings is 1. The molecule has 0 aliphatic heterocycles. The number of terminal acetylenes is 1. The van der Waals surface area contributed by atoms with Gasteiger partial charge in [-0.05, 0) is 43.9 Å². The lowest BCUT2D eigenvalue weighted by Gasteiger charge is -2.13. The monoisotopic (exact) mass is 261 g/mol. The number of amides is 1. The molecule has 1 aromatic carbocycles. The van der Waals surface area contributed by atoms with Crippen LogP contribution in [0.1, 0.15) is 30.1 Å². The second-order valence-electron chi connectivity index (χ2n) is 4.74. The Kier molecular flexibility index (Phi) is 4.06. The Morgan fingerprint density at radius 2 is 2.37 bits per heavy atom. The Labute approximate surface area is 112 Å². The lowest BCUT2D eigenvalue weighted by atomic mass is 10.1. The molecular formula is C15H16FNO2. The summed E-state index contributed by atoms with van der Waals surface area (Å²) in [5.41, 5.74) is 0.290. The molecule has 4 heteroatoms. The number of hydrogen-bond acceptors (Lipinski definition) is 2. The summed E-state index contributed by atoms with van der Waals surface area (Å²) in [5.74, 6) is 2.04. The number of carbonyl (C=O) groups excluding carboxylic acids is 1. The maximum Gasteiger partial charge on any atom is 0.251 e. The fraction of sp³-hybridized carbons (Fsp3) is 0.400. The minimum absolute atomic E-state index is 0.00117. The Morgan fingerprint density at radius 3 is 2.95 bits per heavy atom. The topological polar surface area (TPSA) is 38.3 Å². The van der Waals surface area contributed by atoms with Gasteiger partial charge in [0, 0.05) is 11.6 Å². The first-order valence-corrected chi connectivity index (χ1v) is 6.28. The highest BCUT2D eigenvalue weighted by Gasteiger charge is 2.29. The lowest BCUT2D eigenvalue weighted by Crippen LogP contribution is -2.34. The minimum Gasteiger partial charge on any atom is -0.478 e. The van der Waals surface area contributed by atoms with Gasteiger partial charge in [-0.1, -0.05) is 5.92 Å². The van der Waals surface area contributed by atoms with Gasteiger partial charge in [0.15, 0.2) is 11.6 Å². The Hall–Kier alpha value is -2.02. The highest BCUT2D eigenvalue weighted by Crippen LogP contribution is 2.32. The number of carbonyl (C=O) groups is 1. The number of hydrogen-bond donors (Lipinski definition) is 1. The van der Waals surface area contributed by atoms with Gasteiger partial charge in [0.2, 0.25) is 0 Å². The van der Waals surface area contributed by atoms with Crippen molar-refractivity contribution in [3.63, 3.8) is 0 Å². The summed E-state index contributed by atoms with van der Waals surface area (Å²) in [7, 11) is 0. The first-order chi connectivity index (χ1) is 9.11. The third-order valence-electron chi connectivity index (χ3n) is 3.19. The van der Waals surface area contributed by atoms with Crippen LogP contribution < -0.4 is 10.1 Å². The molecule has 19 heavy (non-hydrogen) atoms. The van der Waals surface area contributed by atoms with Crippen LogP contribution in [0.25, 0.3) is 0 Å². The van der Waals surface area contributed by atoms with E-state index in [9.17, 15) is 9.18 Å². The molecule has 1 saturated carbocycles. The lowest BCUT2D eigenvalue weighted by molar-refractivity contribution is 0.0935. The molecule has 1 aliphatic carbocycles. The highest BCUT2D eigenvalue weighted by atomic mass is 19.1. The van der Waals surface area contributed by atoms with Crippen molar-refractivity contribution in [3.05, 3.63) is 29.6 Å². The summed E-state index contributed by atoms with van der Waals surface area (Å²) < 4.78 is 18.7. The van der Waals surface area contributed by atoms with E-state index in [0.717, 1.165) is 12.8 Å². The SMILES string of the molecule is C#CCOc1ccc(C(=O)NC(C)C2CC2)cc1F. The molecule has 1 aromatic rings. The van der Waals surface area contributed by atoms with E-state index in [4.69, 9.17) is 11.2 Å². The van der Waals surface area contributed by atoms with Crippen LogP contribution in [0.2, 0.25) is 0 Å². The van der Waals surface area contributed by atoms with Gasteiger partial charge < -0.3 is 10.1 Å². The van der Waals surface area contributed by atoms with Crippen LogP contribution in [0.5, 0.6) is 5.75 Å². The predicted octanol–water partition coefficient (Wildman–Crippen LogP) is 2.37. The van der Waals surface area contributed by atoms with Crippen LogP contribution in [0.4, 0.5) is 4.39 Å². The van der Waals surface area contributed by atoms with Gasteiger partial charge in [0.1, 0.15) is 6.61 Å². The molecule has 1 aliphatic rings. The normalized spacial score (nSPS) is 15.4. The van der Waals surface area contributed by atoms with E-state index in [1.165, 1.54) is 18.2 Å². The zero-order chi connectivity index (χ0) is 13.8. The van der Waals surface area contributed by atoms with E-state index in [1.54, 1.807) is 0 Å². The molecule has 0 radical (unpaired) electrons. The molecule has 1 unspecified atom stereocenters. The van der Waals surface area contributed by atoms with Gasteiger partial charge >= 0.3 is 0 Å². The smallest absolute Gasteiger partial charge is 0.251 e. The number of rotatable bonds is 5. The van der Waals surface area contributed by atoms with E-state index < -0.39 is 5.82 Å². The summed E-state index contributed by atoms with van der Waals surface area (Å²) in [6.45, 7) is 1.97. The average Bonchev–Trinajstić information content (AvgIpc) is 3.21. The van der Waals surface area contributed by atoms with E-state index >= 15 is 0 Å². The van der Waals surface area contributed by atoms with E-state index in [2.05, 4.69) is 11.2 Å². The maximum absolute atomic E-state index is 13.7. The van der Waals surface area contributed by atoms with E-state index in [0.29, 0.717) is 5.92 Å². The van der Waals surface area contributed by atoms with Crippen molar-refractivity contribution in [2.45, 2.75) is 25.8 Å². The number of nitrogens with one attached hydrogen (secondary N) is 1. The summed E-state index contributed by atoms with van der Waals surface area (Å²) >= 11 is 0.